The van der Waals surface area contributed by atoms with E-state index >= 15 is 0 Å². The van der Waals surface area contributed by atoms with Crippen molar-refractivity contribution in [1.29, 1.82) is 5.41 Å². The highest BCUT2D eigenvalue weighted by atomic mass is 19.4. The number of aromatic nitrogens is 1. The summed E-state index contributed by atoms with van der Waals surface area (Å²) in [6, 6.07) is 10.9. The Labute approximate surface area is 226 Å². The SMILES string of the molecule is CN/C=C(\C=N)c1ccc(NCC(F)(F)F)c(NNC(=O)Cc2ccc(Oc3ncccc3C(N)=O)c(F)c2)c1. The Kier molecular flexibility index (Phi) is 9.62. The minimum absolute atomic E-state index is 0.0428. The first-order valence-corrected chi connectivity index (χ1v) is 11.6. The number of carbonyl (C=O) groups is 2. The van der Waals surface area contributed by atoms with Crippen molar-refractivity contribution in [3.05, 3.63) is 83.4 Å². The fourth-order valence-electron chi connectivity index (χ4n) is 3.41. The van der Waals surface area contributed by atoms with E-state index in [2.05, 4.69) is 26.5 Å². The summed E-state index contributed by atoms with van der Waals surface area (Å²) >= 11 is 0. The maximum atomic E-state index is 14.7. The molecule has 0 unspecified atom stereocenters. The number of carbonyl (C=O) groups excluding carboxylic acids is 2. The molecule has 2 aromatic carbocycles. The first-order chi connectivity index (χ1) is 19.0. The number of nitrogens with zero attached hydrogens (tertiary/aromatic N) is 1. The van der Waals surface area contributed by atoms with Crippen molar-refractivity contribution in [2.45, 2.75) is 12.6 Å². The molecule has 0 fully saturated rings. The summed E-state index contributed by atoms with van der Waals surface area (Å²) in [5.74, 6) is -2.70. The first kappa shape index (κ1) is 29.4. The molecule has 1 aromatic heterocycles. The Morgan fingerprint density at radius 1 is 1.12 bits per heavy atom. The van der Waals surface area contributed by atoms with Crippen LogP contribution in [0.15, 0.2) is 60.9 Å². The lowest BCUT2D eigenvalue weighted by atomic mass is 10.1. The number of primary amides is 1. The van der Waals surface area contributed by atoms with Crippen molar-refractivity contribution in [2.24, 2.45) is 5.73 Å². The van der Waals surface area contributed by atoms with Crippen LogP contribution in [0.25, 0.3) is 5.57 Å². The number of hydrazine groups is 1. The highest BCUT2D eigenvalue weighted by molar-refractivity contribution is 6.08. The van der Waals surface area contributed by atoms with E-state index in [1.165, 1.54) is 54.9 Å². The third-order valence-electron chi connectivity index (χ3n) is 5.23. The molecule has 0 radical (unpaired) electrons. The molecule has 14 heteroatoms. The van der Waals surface area contributed by atoms with Gasteiger partial charge < -0.3 is 26.5 Å². The number of ether oxygens (including phenoxy) is 1. The van der Waals surface area contributed by atoms with E-state index < -0.39 is 30.4 Å². The third-order valence-corrected chi connectivity index (χ3v) is 5.23. The molecule has 0 aliphatic carbocycles. The Morgan fingerprint density at radius 2 is 1.90 bits per heavy atom. The summed E-state index contributed by atoms with van der Waals surface area (Å²) in [7, 11) is 1.63. The van der Waals surface area contributed by atoms with Gasteiger partial charge in [-0.15, -0.1) is 0 Å². The second-order valence-electron chi connectivity index (χ2n) is 8.20. The zero-order valence-corrected chi connectivity index (χ0v) is 21.0. The van der Waals surface area contributed by atoms with Gasteiger partial charge in [0.05, 0.1) is 17.8 Å². The molecule has 0 spiro atoms. The number of hydrogen-bond acceptors (Lipinski definition) is 8. The van der Waals surface area contributed by atoms with Gasteiger partial charge in [-0.25, -0.2) is 9.37 Å². The number of halogens is 4. The average molecular weight is 560 g/mol. The van der Waals surface area contributed by atoms with Crippen molar-refractivity contribution in [1.82, 2.24) is 15.7 Å². The molecular weight excluding hydrogens is 534 g/mol. The molecule has 210 valence electrons. The quantitative estimate of drug-likeness (QED) is 0.111. The molecule has 0 bridgehead atoms. The number of nitrogens with two attached hydrogens (primary N) is 1. The van der Waals surface area contributed by atoms with Gasteiger partial charge in [-0.2, -0.15) is 13.2 Å². The molecule has 0 atom stereocenters. The van der Waals surface area contributed by atoms with Crippen LogP contribution in [0.4, 0.5) is 28.9 Å². The molecule has 7 N–H and O–H groups in total. The summed E-state index contributed by atoms with van der Waals surface area (Å²) in [6.45, 7) is -1.31. The van der Waals surface area contributed by atoms with E-state index in [0.717, 1.165) is 12.3 Å². The molecule has 3 aromatic rings. The van der Waals surface area contributed by atoms with Gasteiger partial charge in [-0.05, 0) is 47.5 Å². The monoisotopic (exact) mass is 559 g/mol. The zero-order chi connectivity index (χ0) is 29.3. The van der Waals surface area contributed by atoms with Gasteiger partial charge in [-0.1, -0.05) is 12.1 Å². The van der Waals surface area contributed by atoms with Crippen LogP contribution < -0.4 is 32.0 Å². The normalized spacial score (nSPS) is 11.4. The fourth-order valence-corrected chi connectivity index (χ4v) is 3.41. The van der Waals surface area contributed by atoms with Crippen LogP contribution in [-0.2, 0) is 11.2 Å². The van der Waals surface area contributed by atoms with Crippen molar-refractivity contribution < 1.29 is 31.9 Å². The maximum absolute atomic E-state index is 14.7. The third kappa shape index (κ3) is 8.18. The van der Waals surface area contributed by atoms with E-state index in [4.69, 9.17) is 15.9 Å². The predicted molar refractivity (Wildman–Crippen MR) is 142 cm³/mol. The van der Waals surface area contributed by atoms with Gasteiger partial charge in [0.1, 0.15) is 12.1 Å². The molecule has 40 heavy (non-hydrogen) atoms. The fraction of sp³-hybridized carbons (Fsp3) is 0.154. The van der Waals surface area contributed by atoms with Gasteiger partial charge in [0.2, 0.25) is 11.8 Å². The topological polar surface area (TPSA) is 154 Å². The van der Waals surface area contributed by atoms with Crippen molar-refractivity contribution in [2.75, 3.05) is 24.3 Å². The van der Waals surface area contributed by atoms with Crippen molar-refractivity contribution >= 4 is 35.0 Å². The molecular formula is C26H25F4N7O3. The van der Waals surface area contributed by atoms with Crippen LogP contribution in [0, 0.1) is 11.2 Å². The summed E-state index contributed by atoms with van der Waals surface area (Å²) in [4.78, 5) is 28.0. The van der Waals surface area contributed by atoms with Crippen molar-refractivity contribution in [3.63, 3.8) is 0 Å². The van der Waals surface area contributed by atoms with E-state index in [-0.39, 0.29) is 40.6 Å². The number of hydrogen-bond donors (Lipinski definition) is 6. The van der Waals surface area contributed by atoms with E-state index in [1.54, 1.807) is 7.05 Å². The largest absolute Gasteiger partial charge is 0.435 e. The molecule has 0 aliphatic rings. The number of pyridine rings is 1. The Bertz CT molecular complexity index is 1430. The highest BCUT2D eigenvalue weighted by Crippen LogP contribution is 2.28. The summed E-state index contributed by atoms with van der Waals surface area (Å²) in [6.07, 6.45) is -0.854. The second-order valence-corrected chi connectivity index (χ2v) is 8.20. The zero-order valence-electron chi connectivity index (χ0n) is 21.0. The number of benzene rings is 2. The molecule has 10 nitrogen and oxygen atoms in total. The first-order valence-electron chi connectivity index (χ1n) is 11.6. The Hall–Kier alpha value is -5.14. The standard InChI is InChI=1S/C26H25F4N7O3/c1-33-13-17(12-31)16-5-6-20(35-14-26(28,29)30)21(11-16)36-37-23(38)10-15-4-7-22(19(27)9-15)40-25-18(24(32)39)3-2-8-34-25/h2-9,11-13,31,33,35-36H,10,14H2,1H3,(H2,32,39)(H,37,38)/b17-13+,31-12?. The lowest BCUT2D eigenvalue weighted by molar-refractivity contribution is -0.120. The number of amides is 2. The number of alkyl halides is 3. The van der Waals surface area contributed by atoms with Crippen LogP contribution >= 0.6 is 0 Å². The molecule has 2 amide bonds. The van der Waals surface area contributed by atoms with Gasteiger partial charge in [0, 0.05) is 31.2 Å². The summed E-state index contributed by atoms with van der Waals surface area (Å²) < 4.78 is 58.3. The van der Waals surface area contributed by atoms with Gasteiger partial charge >= 0.3 is 6.18 Å². The van der Waals surface area contributed by atoms with Crippen LogP contribution in [0.3, 0.4) is 0 Å². The Morgan fingerprint density at radius 3 is 2.55 bits per heavy atom. The number of anilines is 2. The van der Waals surface area contributed by atoms with E-state index in [1.807, 2.05) is 0 Å². The smallest absolute Gasteiger partial charge is 0.405 e. The average Bonchev–Trinajstić information content (AvgIpc) is 2.91. The minimum Gasteiger partial charge on any atom is -0.435 e. The minimum atomic E-state index is -4.48. The van der Waals surface area contributed by atoms with Crippen LogP contribution in [0.2, 0.25) is 0 Å². The van der Waals surface area contributed by atoms with Crippen LogP contribution in [-0.4, -0.2) is 42.8 Å². The molecule has 1 heterocycles. The Balaban J connectivity index is 1.72. The maximum Gasteiger partial charge on any atom is 0.405 e. The lowest BCUT2D eigenvalue weighted by Gasteiger charge is -2.17. The molecule has 3 rings (SSSR count). The summed E-state index contributed by atoms with van der Waals surface area (Å²) in [5.41, 5.74) is 11.5. The molecule has 0 saturated carbocycles. The number of allylic oxidation sites excluding steroid dienone is 1. The van der Waals surface area contributed by atoms with Crippen LogP contribution in [0.5, 0.6) is 11.6 Å². The lowest BCUT2D eigenvalue weighted by Crippen LogP contribution is -2.31. The number of nitrogens with one attached hydrogen (secondary N) is 5. The molecule has 0 aliphatic heterocycles. The molecule has 0 saturated heterocycles. The summed E-state index contributed by atoms with van der Waals surface area (Å²) in [5, 5.41) is 12.6. The second kappa shape index (κ2) is 13.1. The van der Waals surface area contributed by atoms with E-state index in [0.29, 0.717) is 11.1 Å². The van der Waals surface area contributed by atoms with E-state index in [9.17, 15) is 27.2 Å². The van der Waals surface area contributed by atoms with Crippen LogP contribution in [0.1, 0.15) is 21.5 Å². The van der Waals surface area contributed by atoms with Gasteiger partial charge in [0.15, 0.2) is 11.6 Å². The van der Waals surface area contributed by atoms with Gasteiger partial charge in [0.25, 0.3) is 5.91 Å². The highest BCUT2D eigenvalue weighted by Gasteiger charge is 2.27. The predicted octanol–water partition coefficient (Wildman–Crippen LogP) is 3.98. The number of rotatable bonds is 12. The van der Waals surface area contributed by atoms with Gasteiger partial charge in [-0.3, -0.25) is 20.4 Å². The van der Waals surface area contributed by atoms with Crippen molar-refractivity contribution in [3.8, 4) is 11.6 Å².